The maximum atomic E-state index is 11.3. The van der Waals surface area contributed by atoms with Gasteiger partial charge in [-0.05, 0) is 6.92 Å². The molecule has 1 N–H and O–H groups in total. The lowest BCUT2D eigenvalue weighted by Gasteiger charge is -2.19. The molecule has 80 valence electrons. The molecule has 0 bridgehead atoms. The minimum Gasteiger partial charge on any atom is -0.481 e. The summed E-state index contributed by atoms with van der Waals surface area (Å²) in [6.07, 6.45) is 0.0673. The van der Waals surface area contributed by atoms with Crippen molar-refractivity contribution in [2.45, 2.75) is 19.4 Å². The number of carbonyl (C=O) groups excluding carboxylic acids is 1. The van der Waals surface area contributed by atoms with Crippen LogP contribution >= 0.6 is 0 Å². The predicted molar refractivity (Wildman–Crippen MR) is 48.8 cm³/mol. The highest BCUT2D eigenvalue weighted by atomic mass is 16.5. The summed E-state index contributed by atoms with van der Waals surface area (Å²) < 4.78 is 5.01. The Bertz CT molecular complexity index is 241. The number of likely N-dealkylation sites (tertiary alicyclic amines) is 1. The highest BCUT2D eigenvalue weighted by Crippen LogP contribution is 2.18. The van der Waals surface area contributed by atoms with Crippen LogP contribution < -0.4 is 0 Å². The van der Waals surface area contributed by atoms with Crippen LogP contribution in [0.25, 0.3) is 0 Å². The van der Waals surface area contributed by atoms with Gasteiger partial charge in [-0.3, -0.25) is 9.59 Å². The van der Waals surface area contributed by atoms with Crippen LogP contribution in [-0.4, -0.2) is 48.2 Å². The normalized spacial score (nSPS) is 24.0. The number of aliphatic carboxylic acids is 1. The van der Waals surface area contributed by atoms with Crippen LogP contribution in [0.5, 0.6) is 0 Å². The molecule has 0 unspecified atom stereocenters. The summed E-state index contributed by atoms with van der Waals surface area (Å²) in [5.74, 6) is -1.54. The second-order valence-electron chi connectivity index (χ2n) is 3.58. The summed E-state index contributed by atoms with van der Waals surface area (Å²) in [6, 6.07) is 0. The van der Waals surface area contributed by atoms with Crippen molar-refractivity contribution in [1.29, 1.82) is 0 Å². The van der Waals surface area contributed by atoms with Crippen molar-refractivity contribution in [1.82, 2.24) is 4.90 Å². The molecule has 14 heavy (non-hydrogen) atoms. The van der Waals surface area contributed by atoms with E-state index in [4.69, 9.17) is 9.84 Å². The number of hydrogen-bond donors (Lipinski definition) is 1. The Kier molecular flexibility index (Phi) is 3.46. The molecule has 0 aromatic carbocycles. The van der Waals surface area contributed by atoms with E-state index < -0.39 is 11.9 Å². The molecule has 1 heterocycles. The monoisotopic (exact) mass is 201 g/mol. The molecule has 0 aromatic heterocycles. The lowest BCUT2D eigenvalue weighted by Crippen LogP contribution is -2.33. The average molecular weight is 201 g/mol. The van der Waals surface area contributed by atoms with Crippen LogP contribution in [0.4, 0.5) is 0 Å². The van der Waals surface area contributed by atoms with E-state index in [1.54, 1.807) is 12.0 Å². The summed E-state index contributed by atoms with van der Waals surface area (Å²) in [5, 5.41) is 8.73. The molecule has 2 atom stereocenters. The largest absolute Gasteiger partial charge is 0.481 e. The third kappa shape index (κ3) is 2.45. The number of rotatable bonds is 4. The third-order valence-corrected chi connectivity index (χ3v) is 2.44. The first-order valence-electron chi connectivity index (χ1n) is 4.58. The fraction of sp³-hybridized carbons (Fsp3) is 0.778. The molecule has 0 radical (unpaired) electrons. The zero-order chi connectivity index (χ0) is 10.7. The maximum Gasteiger partial charge on any atom is 0.308 e. The van der Waals surface area contributed by atoms with Gasteiger partial charge in [0.25, 0.3) is 0 Å². The van der Waals surface area contributed by atoms with Crippen LogP contribution in [0.2, 0.25) is 0 Å². The fourth-order valence-corrected chi connectivity index (χ4v) is 1.50. The van der Waals surface area contributed by atoms with Gasteiger partial charge in [-0.2, -0.15) is 0 Å². The van der Waals surface area contributed by atoms with Gasteiger partial charge in [0.05, 0.1) is 12.0 Å². The third-order valence-electron chi connectivity index (χ3n) is 2.44. The van der Waals surface area contributed by atoms with Gasteiger partial charge in [0, 0.05) is 26.6 Å². The lowest BCUT2D eigenvalue weighted by atomic mass is 10.1. The van der Waals surface area contributed by atoms with Gasteiger partial charge >= 0.3 is 5.97 Å². The second-order valence-corrected chi connectivity index (χ2v) is 3.58. The number of nitrogens with zero attached hydrogens (tertiary/aromatic N) is 1. The Balaban J connectivity index is 2.48. The number of carboxylic acids is 1. The Morgan fingerprint density at radius 1 is 1.79 bits per heavy atom. The molecule has 1 fully saturated rings. The minimum absolute atomic E-state index is 0.0495. The summed E-state index contributed by atoms with van der Waals surface area (Å²) in [7, 11) is 1.57. The number of methoxy groups -OCH3 is 1. The highest BCUT2D eigenvalue weighted by Gasteiger charge is 2.34. The Hall–Kier alpha value is -1.10. The van der Waals surface area contributed by atoms with Crippen LogP contribution in [0.3, 0.4) is 0 Å². The highest BCUT2D eigenvalue weighted by molar-refractivity contribution is 5.86. The molecule has 5 heteroatoms. The number of amides is 1. The van der Waals surface area contributed by atoms with Crippen molar-refractivity contribution in [2.24, 2.45) is 5.92 Å². The van der Waals surface area contributed by atoms with Crippen molar-refractivity contribution < 1.29 is 19.4 Å². The first kappa shape index (κ1) is 11.0. The van der Waals surface area contributed by atoms with Crippen LogP contribution in [0.15, 0.2) is 0 Å². The van der Waals surface area contributed by atoms with Crippen LogP contribution in [0, 0.1) is 5.92 Å². The van der Waals surface area contributed by atoms with Crippen LogP contribution in [0.1, 0.15) is 13.3 Å². The molecular formula is C9H15NO4. The number of ether oxygens (including phenoxy) is 1. The van der Waals surface area contributed by atoms with E-state index in [1.165, 1.54) is 0 Å². The minimum atomic E-state index is -0.897. The predicted octanol–water partition coefficient (Wildman–Crippen LogP) is -0.0456. The van der Waals surface area contributed by atoms with Crippen molar-refractivity contribution in [2.75, 3.05) is 20.2 Å². The van der Waals surface area contributed by atoms with Crippen LogP contribution in [-0.2, 0) is 14.3 Å². The van der Waals surface area contributed by atoms with Gasteiger partial charge in [-0.25, -0.2) is 0 Å². The van der Waals surface area contributed by atoms with E-state index in [1.807, 2.05) is 6.92 Å². The van der Waals surface area contributed by atoms with E-state index >= 15 is 0 Å². The summed E-state index contributed by atoms with van der Waals surface area (Å²) in [6.45, 7) is 2.63. The molecule has 1 aliphatic rings. The maximum absolute atomic E-state index is 11.3. The molecule has 0 spiro atoms. The average Bonchev–Trinajstić information content (AvgIpc) is 2.48. The Morgan fingerprint density at radius 2 is 2.43 bits per heavy atom. The van der Waals surface area contributed by atoms with Gasteiger partial charge < -0.3 is 14.7 Å². The molecule has 0 aromatic rings. The van der Waals surface area contributed by atoms with Crippen molar-refractivity contribution >= 4 is 11.9 Å². The zero-order valence-electron chi connectivity index (χ0n) is 8.40. The molecule has 5 nitrogen and oxygen atoms in total. The Morgan fingerprint density at radius 3 is 2.86 bits per heavy atom. The van der Waals surface area contributed by atoms with E-state index in [9.17, 15) is 9.59 Å². The lowest BCUT2D eigenvalue weighted by molar-refractivity contribution is -0.141. The van der Waals surface area contributed by atoms with Crippen molar-refractivity contribution in [3.05, 3.63) is 0 Å². The smallest absolute Gasteiger partial charge is 0.308 e. The summed E-state index contributed by atoms with van der Waals surface area (Å²) in [4.78, 5) is 23.5. The van der Waals surface area contributed by atoms with Crippen molar-refractivity contribution in [3.8, 4) is 0 Å². The molecule has 1 saturated heterocycles. The molecule has 1 aliphatic heterocycles. The molecule has 1 amide bonds. The zero-order valence-corrected chi connectivity index (χ0v) is 8.40. The second kappa shape index (κ2) is 4.41. The van der Waals surface area contributed by atoms with E-state index in [2.05, 4.69) is 0 Å². The van der Waals surface area contributed by atoms with Crippen molar-refractivity contribution in [3.63, 3.8) is 0 Å². The van der Waals surface area contributed by atoms with Gasteiger partial charge in [-0.15, -0.1) is 0 Å². The SMILES string of the molecule is CO[C@@H](C)CN1C[C@@H](C(=O)O)CC1=O. The Labute approximate surface area is 82.6 Å². The van der Waals surface area contributed by atoms with E-state index in [0.29, 0.717) is 13.1 Å². The standard InChI is InChI=1S/C9H15NO4/c1-6(14-2)4-10-5-7(9(12)13)3-8(10)11/h6-7H,3-5H2,1-2H3,(H,12,13)/t6-,7-/m0/s1. The fourth-order valence-electron chi connectivity index (χ4n) is 1.50. The molecule has 0 saturated carbocycles. The summed E-state index contributed by atoms with van der Waals surface area (Å²) >= 11 is 0. The molecule has 0 aliphatic carbocycles. The first-order valence-corrected chi connectivity index (χ1v) is 4.58. The van der Waals surface area contributed by atoms with Gasteiger partial charge in [0.1, 0.15) is 0 Å². The molecular weight excluding hydrogens is 186 g/mol. The number of carbonyl (C=O) groups is 2. The number of hydrogen-bond acceptors (Lipinski definition) is 3. The molecule has 1 rings (SSSR count). The van der Waals surface area contributed by atoms with Gasteiger partial charge in [0.2, 0.25) is 5.91 Å². The van der Waals surface area contributed by atoms with Gasteiger partial charge in [-0.1, -0.05) is 0 Å². The van der Waals surface area contributed by atoms with E-state index in [-0.39, 0.29) is 18.4 Å². The topological polar surface area (TPSA) is 66.8 Å². The van der Waals surface area contributed by atoms with Gasteiger partial charge in [0.15, 0.2) is 0 Å². The first-order chi connectivity index (χ1) is 6.54. The van der Waals surface area contributed by atoms with E-state index in [0.717, 1.165) is 0 Å². The summed E-state index contributed by atoms with van der Waals surface area (Å²) in [5.41, 5.74) is 0. The quantitative estimate of drug-likeness (QED) is 0.692. The number of carboxylic acid groups (broad SMARTS) is 1.